The summed E-state index contributed by atoms with van der Waals surface area (Å²) in [6, 6.07) is 10.4. The Morgan fingerprint density at radius 1 is 1.31 bits per heavy atom. The van der Waals surface area contributed by atoms with E-state index in [0.29, 0.717) is 6.61 Å². The Morgan fingerprint density at radius 3 is 2.88 bits per heavy atom. The topological polar surface area (TPSA) is 22.1 Å². The van der Waals surface area contributed by atoms with Crippen molar-refractivity contribution in [3.63, 3.8) is 0 Å². The predicted octanol–water partition coefficient (Wildman–Crippen LogP) is 3.58. The summed E-state index contributed by atoms with van der Waals surface area (Å²) in [7, 11) is 1.69. The van der Waals surface area contributed by atoms with Crippen molar-refractivity contribution in [1.82, 2.24) is 4.98 Å². The SMILES string of the molecule is COCc1csc(CSc2ccccc2)n1. The maximum absolute atomic E-state index is 5.04. The van der Waals surface area contributed by atoms with Crippen LogP contribution >= 0.6 is 23.1 Å². The van der Waals surface area contributed by atoms with Gasteiger partial charge >= 0.3 is 0 Å². The molecular weight excluding hydrogens is 238 g/mol. The van der Waals surface area contributed by atoms with Crippen LogP contribution in [-0.2, 0) is 17.1 Å². The first kappa shape index (κ1) is 11.6. The Bertz CT molecular complexity index is 428. The van der Waals surface area contributed by atoms with E-state index < -0.39 is 0 Å². The molecule has 0 aliphatic carbocycles. The van der Waals surface area contributed by atoms with E-state index in [-0.39, 0.29) is 0 Å². The van der Waals surface area contributed by atoms with Gasteiger partial charge in [-0.05, 0) is 12.1 Å². The molecule has 0 amide bonds. The summed E-state index contributed by atoms with van der Waals surface area (Å²) in [6.07, 6.45) is 0. The number of nitrogens with zero attached hydrogens (tertiary/aromatic N) is 1. The van der Waals surface area contributed by atoms with Gasteiger partial charge in [-0.25, -0.2) is 4.98 Å². The van der Waals surface area contributed by atoms with Crippen LogP contribution in [0.5, 0.6) is 0 Å². The third-order valence-electron chi connectivity index (χ3n) is 2.00. The van der Waals surface area contributed by atoms with Gasteiger partial charge in [-0.3, -0.25) is 0 Å². The minimum Gasteiger partial charge on any atom is -0.378 e. The number of hydrogen-bond donors (Lipinski definition) is 0. The van der Waals surface area contributed by atoms with Gasteiger partial charge in [0, 0.05) is 17.4 Å². The highest BCUT2D eigenvalue weighted by molar-refractivity contribution is 7.98. The summed E-state index contributed by atoms with van der Waals surface area (Å²) in [5.74, 6) is 0.929. The summed E-state index contributed by atoms with van der Waals surface area (Å²) in [4.78, 5) is 5.77. The Kier molecular flexibility index (Phi) is 4.39. The maximum atomic E-state index is 5.04. The molecule has 0 spiro atoms. The molecule has 0 aliphatic heterocycles. The third kappa shape index (κ3) is 3.33. The lowest BCUT2D eigenvalue weighted by Gasteiger charge is -1.97. The predicted molar refractivity (Wildman–Crippen MR) is 68.8 cm³/mol. The van der Waals surface area contributed by atoms with E-state index in [1.165, 1.54) is 4.90 Å². The molecule has 1 heterocycles. The van der Waals surface area contributed by atoms with E-state index in [4.69, 9.17) is 4.74 Å². The zero-order valence-electron chi connectivity index (χ0n) is 9.05. The lowest BCUT2D eigenvalue weighted by molar-refractivity contribution is 0.182. The zero-order valence-corrected chi connectivity index (χ0v) is 10.7. The third-order valence-corrected chi connectivity index (χ3v) is 4.10. The standard InChI is InChI=1S/C12H13NOS2/c1-14-7-10-8-16-12(13-10)9-15-11-5-3-2-4-6-11/h2-6,8H,7,9H2,1H3. The largest absolute Gasteiger partial charge is 0.378 e. The summed E-state index contributed by atoms with van der Waals surface area (Å²) >= 11 is 3.51. The smallest absolute Gasteiger partial charge is 0.103 e. The summed E-state index contributed by atoms with van der Waals surface area (Å²) in [5.41, 5.74) is 1.02. The fourth-order valence-corrected chi connectivity index (χ4v) is 3.01. The first-order valence-electron chi connectivity index (χ1n) is 4.98. The molecule has 0 saturated heterocycles. The highest BCUT2D eigenvalue weighted by Crippen LogP contribution is 2.24. The molecule has 0 aliphatic rings. The van der Waals surface area contributed by atoms with Gasteiger partial charge in [-0.15, -0.1) is 23.1 Å². The van der Waals surface area contributed by atoms with E-state index in [1.54, 1.807) is 18.4 Å². The molecule has 2 rings (SSSR count). The average molecular weight is 251 g/mol. The number of thiazole rings is 1. The molecule has 2 nitrogen and oxygen atoms in total. The lowest BCUT2D eigenvalue weighted by atomic mass is 10.4. The molecule has 16 heavy (non-hydrogen) atoms. The quantitative estimate of drug-likeness (QED) is 0.758. The normalized spacial score (nSPS) is 10.6. The number of aromatic nitrogens is 1. The van der Waals surface area contributed by atoms with Crippen LogP contribution in [-0.4, -0.2) is 12.1 Å². The molecule has 0 unspecified atom stereocenters. The van der Waals surface area contributed by atoms with Crippen LogP contribution in [0.3, 0.4) is 0 Å². The van der Waals surface area contributed by atoms with Gasteiger partial charge in [0.25, 0.3) is 0 Å². The monoisotopic (exact) mass is 251 g/mol. The van der Waals surface area contributed by atoms with E-state index in [1.807, 2.05) is 17.8 Å². The summed E-state index contributed by atoms with van der Waals surface area (Å²) in [6.45, 7) is 0.604. The number of thioether (sulfide) groups is 1. The van der Waals surface area contributed by atoms with Crippen molar-refractivity contribution < 1.29 is 4.74 Å². The highest BCUT2D eigenvalue weighted by Gasteiger charge is 2.02. The van der Waals surface area contributed by atoms with Gasteiger partial charge < -0.3 is 4.74 Å². The second-order valence-corrected chi connectivity index (χ2v) is 5.26. The van der Waals surface area contributed by atoms with Crippen LogP contribution in [0.15, 0.2) is 40.6 Å². The van der Waals surface area contributed by atoms with Crippen LogP contribution in [0.2, 0.25) is 0 Å². The molecule has 0 bridgehead atoms. The number of benzene rings is 1. The van der Waals surface area contributed by atoms with Crippen LogP contribution in [0.4, 0.5) is 0 Å². The second-order valence-electron chi connectivity index (χ2n) is 3.27. The Hall–Kier alpha value is -0.840. The van der Waals surface area contributed by atoms with Gasteiger partial charge in [0.1, 0.15) is 5.01 Å². The fraction of sp³-hybridized carbons (Fsp3) is 0.250. The molecule has 0 radical (unpaired) electrons. The second kappa shape index (κ2) is 6.03. The minimum atomic E-state index is 0.604. The van der Waals surface area contributed by atoms with Crippen molar-refractivity contribution in [3.05, 3.63) is 46.4 Å². The Labute approximate surface area is 104 Å². The zero-order chi connectivity index (χ0) is 11.2. The number of methoxy groups -OCH3 is 1. The number of ether oxygens (including phenoxy) is 1. The van der Waals surface area contributed by atoms with E-state index in [0.717, 1.165) is 16.5 Å². The molecule has 84 valence electrons. The van der Waals surface area contributed by atoms with E-state index in [2.05, 4.69) is 34.6 Å². The summed E-state index contributed by atoms with van der Waals surface area (Å²) < 4.78 is 5.04. The van der Waals surface area contributed by atoms with Gasteiger partial charge in [0.2, 0.25) is 0 Å². The maximum Gasteiger partial charge on any atom is 0.103 e. The molecule has 1 aromatic heterocycles. The molecular formula is C12H13NOS2. The first-order valence-corrected chi connectivity index (χ1v) is 6.85. The van der Waals surface area contributed by atoms with Crippen molar-refractivity contribution in [2.45, 2.75) is 17.3 Å². The van der Waals surface area contributed by atoms with E-state index in [9.17, 15) is 0 Å². The van der Waals surface area contributed by atoms with Gasteiger partial charge in [0.15, 0.2) is 0 Å². The number of rotatable bonds is 5. The molecule has 0 atom stereocenters. The van der Waals surface area contributed by atoms with Crippen LogP contribution in [0.25, 0.3) is 0 Å². The van der Waals surface area contributed by atoms with Gasteiger partial charge in [-0.1, -0.05) is 18.2 Å². The van der Waals surface area contributed by atoms with Crippen molar-refractivity contribution in [2.24, 2.45) is 0 Å². The summed E-state index contributed by atoms with van der Waals surface area (Å²) in [5, 5.41) is 3.21. The Balaban J connectivity index is 1.89. The Morgan fingerprint density at radius 2 is 2.12 bits per heavy atom. The van der Waals surface area contributed by atoms with E-state index >= 15 is 0 Å². The number of hydrogen-bond acceptors (Lipinski definition) is 4. The molecule has 4 heteroatoms. The lowest BCUT2D eigenvalue weighted by Crippen LogP contribution is -1.87. The molecule has 0 fully saturated rings. The van der Waals surface area contributed by atoms with Crippen LogP contribution in [0.1, 0.15) is 10.7 Å². The highest BCUT2D eigenvalue weighted by atomic mass is 32.2. The minimum absolute atomic E-state index is 0.604. The van der Waals surface area contributed by atoms with Crippen molar-refractivity contribution in [3.8, 4) is 0 Å². The van der Waals surface area contributed by atoms with Crippen molar-refractivity contribution >= 4 is 23.1 Å². The van der Waals surface area contributed by atoms with Crippen molar-refractivity contribution in [2.75, 3.05) is 7.11 Å². The van der Waals surface area contributed by atoms with Gasteiger partial charge in [-0.2, -0.15) is 0 Å². The van der Waals surface area contributed by atoms with Crippen LogP contribution in [0, 0.1) is 0 Å². The van der Waals surface area contributed by atoms with Gasteiger partial charge in [0.05, 0.1) is 18.1 Å². The molecule has 2 aromatic rings. The van der Waals surface area contributed by atoms with Crippen LogP contribution < -0.4 is 0 Å². The molecule has 1 aromatic carbocycles. The van der Waals surface area contributed by atoms with Crippen molar-refractivity contribution in [1.29, 1.82) is 0 Å². The molecule has 0 saturated carbocycles. The molecule has 0 N–H and O–H groups in total. The first-order chi connectivity index (χ1) is 7.88. The fourth-order valence-electron chi connectivity index (χ4n) is 1.29. The average Bonchev–Trinajstić information content (AvgIpc) is 2.76.